The standard InChI is InChI=1S/C19H21ClN2O3S.ClH/c1-26(24,25)13-14-5-4-6-15(11-14)19(23)22-10-9-21-12-18(22)16-7-2-3-8-17(16)20;/h2-8,11,18,21H,9-10,12-13H2,1H3;1H. The zero-order valence-corrected chi connectivity index (χ0v) is 17.3. The molecule has 5 nitrogen and oxygen atoms in total. The molecule has 1 amide bonds. The topological polar surface area (TPSA) is 66.5 Å². The van der Waals surface area contributed by atoms with Crippen molar-refractivity contribution in [3.05, 3.63) is 70.2 Å². The highest BCUT2D eigenvalue weighted by atomic mass is 35.5. The average molecular weight is 429 g/mol. The van der Waals surface area contributed by atoms with Gasteiger partial charge >= 0.3 is 0 Å². The van der Waals surface area contributed by atoms with Crippen molar-refractivity contribution in [3.63, 3.8) is 0 Å². The van der Waals surface area contributed by atoms with Gasteiger partial charge in [0.05, 0.1) is 11.8 Å². The van der Waals surface area contributed by atoms with Crippen LogP contribution in [0.15, 0.2) is 48.5 Å². The van der Waals surface area contributed by atoms with E-state index in [0.29, 0.717) is 35.8 Å². The maximum Gasteiger partial charge on any atom is 0.254 e. The maximum absolute atomic E-state index is 13.1. The van der Waals surface area contributed by atoms with E-state index in [4.69, 9.17) is 11.6 Å². The second kappa shape index (κ2) is 9.06. The maximum atomic E-state index is 13.1. The summed E-state index contributed by atoms with van der Waals surface area (Å²) in [5.74, 6) is -0.198. The largest absolute Gasteiger partial charge is 0.329 e. The zero-order valence-electron chi connectivity index (χ0n) is 14.9. The monoisotopic (exact) mass is 428 g/mol. The van der Waals surface area contributed by atoms with Crippen molar-refractivity contribution in [2.75, 3.05) is 25.9 Å². The second-order valence-electron chi connectivity index (χ2n) is 6.51. The summed E-state index contributed by atoms with van der Waals surface area (Å²) in [5.41, 5.74) is 2.01. The van der Waals surface area contributed by atoms with Crippen LogP contribution in [0.25, 0.3) is 0 Å². The summed E-state index contributed by atoms with van der Waals surface area (Å²) < 4.78 is 23.1. The molecule has 0 saturated carbocycles. The Morgan fingerprint density at radius 1 is 1.22 bits per heavy atom. The molecule has 2 aromatic carbocycles. The Balaban J connectivity index is 0.00000261. The first kappa shape index (κ1) is 21.7. The minimum atomic E-state index is -3.16. The van der Waals surface area contributed by atoms with Crippen LogP contribution >= 0.6 is 24.0 Å². The molecule has 2 aromatic rings. The molecule has 1 heterocycles. The normalized spacial score (nSPS) is 17.3. The third kappa shape index (κ3) is 5.45. The lowest BCUT2D eigenvalue weighted by Crippen LogP contribution is -2.48. The van der Waals surface area contributed by atoms with Crippen molar-refractivity contribution in [1.29, 1.82) is 0 Å². The van der Waals surface area contributed by atoms with Crippen LogP contribution in [0.5, 0.6) is 0 Å². The van der Waals surface area contributed by atoms with Crippen molar-refractivity contribution in [3.8, 4) is 0 Å². The average Bonchev–Trinajstić information content (AvgIpc) is 2.60. The first-order valence-corrected chi connectivity index (χ1v) is 10.8. The van der Waals surface area contributed by atoms with E-state index in [1.807, 2.05) is 24.3 Å². The fourth-order valence-corrected chi connectivity index (χ4v) is 4.28. The number of rotatable bonds is 4. The lowest BCUT2D eigenvalue weighted by Gasteiger charge is -2.37. The number of hydrogen-bond donors (Lipinski definition) is 1. The van der Waals surface area contributed by atoms with Crippen molar-refractivity contribution in [1.82, 2.24) is 10.2 Å². The highest BCUT2D eigenvalue weighted by molar-refractivity contribution is 7.89. The molecule has 1 aliphatic heterocycles. The zero-order chi connectivity index (χ0) is 18.7. The highest BCUT2D eigenvalue weighted by Gasteiger charge is 2.29. The van der Waals surface area contributed by atoms with Crippen molar-refractivity contribution in [2.45, 2.75) is 11.8 Å². The van der Waals surface area contributed by atoms with Crippen LogP contribution in [0, 0.1) is 0 Å². The van der Waals surface area contributed by atoms with Gasteiger partial charge in [0.2, 0.25) is 0 Å². The van der Waals surface area contributed by atoms with E-state index in [1.165, 1.54) is 6.26 Å². The molecule has 1 unspecified atom stereocenters. The summed E-state index contributed by atoms with van der Waals surface area (Å²) >= 11 is 6.34. The summed E-state index contributed by atoms with van der Waals surface area (Å²) in [6, 6.07) is 14.2. The molecule has 27 heavy (non-hydrogen) atoms. The highest BCUT2D eigenvalue weighted by Crippen LogP contribution is 2.29. The summed E-state index contributed by atoms with van der Waals surface area (Å²) in [6.07, 6.45) is 1.19. The van der Waals surface area contributed by atoms with Crippen LogP contribution in [0.3, 0.4) is 0 Å². The molecule has 1 N–H and O–H groups in total. The van der Waals surface area contributed by atoms with Gasteiger partial charge in [-0.05, 0) is 29.3 Å². The van der Waals surface area contributed by atoms with Crippen LogP contribution < -0.4 is 5.32 Å². The van der Waals surface area contributed by atoms with E-state index in [1.54, 1.807) is 29.2 Å². The molecule has 3 rings (SSSR count). The number of sulfone groups is 1. The lowest BCUT2D eigenvalue weighted by molar-refractivity contribution is 0.0634. The molecule has 1 aliphatic rings. The van der Waals surface area contributed by atoms with Gasteiger partial charge in [-0.15, -0.1) is 12.4 Å². The number of carbonyl (C=O) groups is 1. The molecule has 1 fully saturated rings. The van der Waals surface area contributed by atoms with Crippen molar-refractivity contribution >= 4 is 39.8 Å². The van der Waals surface area contributed by atoms with Gasteiger partial charge in [0, 0.05) is 36.5 Å². The van der Waals surface area contributed by atoms with Crippen LogP contribution in [0.1, 0.15) is 27.5 Å². The molecule has 0 aliphatic carbocycles. The minimum absolute atomic E-state index is 0. The molecule has 1 atom stereocenters. The van der Waals surface area contributed by atoms with Gasteiger partial charge in [-0.25, -0.2) is 8.42 Å². The third-order valence-corrected chi connectivity index (χ3v) is 5.57. The van der Waals surface area contributed by atoms with Crippen LogP contribution in [0.2, 0.25) is 5.02 Å². The Morgan fingerprint density at radius 3 is 2.67 bits per heavy atom. The first-order chi connectivity index (χ1) is 12.3. The number of piperazine rings is 1. The summed E-state index contributed by atoms with van der Waals surface area (Å²) in [4.78, 5) is 14.9. The Bertz CT molecular complexity index is 919. The van der Waals surface area contributed by atoms with Gasteiger partial charge in [0.25, 0.3) is 5.91 Å². The molecule has 0 bridgehead atoms. The number of hydrogen-bond acceptors (Lipinski definition) is 4. The van der Waals surface area contributed by atoms with Gasteiger partial charge in [0.1, 0.15) is 0 Å². The quantitative estimate of drug-likeness (QED) is 0.811. The molecule has 0 radical (unpaired) electrons. The van der Waals surface area contributed by atoms with E-state index >= 15 is 0 Å². The van der Waals surface area contributed by atoms with Crippen molar-refractivity contribution in [2.24, 2.45) is 0 Å². The fraction of sp³-hybridized carbons (Fsp3) is 0.316. The Morgan fingerprint density at radius 2 is 1.96 bits per heavy atom. The number of nitrogens with zero attached hydrogens (tertiary/aromatic N) is 1. The van der Waals surface area contributed by atoms with Gasteiger partial charge in [-0.1, -0.05) is 41.9 Å². The molecular formula is C19H22Cl2N2O3S. The van der Waals surface area contributed by atoms with E-state index < -0.39 is 9.84 Å². The van der Waals surface area contributed by atoms with E-state index in [9.17, 15) is 13.2 Å². The molecule has 0 aromatic heterocycles. The Hall–Kier alpha value is -1.60. The smallest absolute Gasteiger partial charge is 0.254 e. The fourth-order valence-electron chi connectivity index (χ4n) is 3.23. The van der Waals surface area contributed by atoms with Gasteiger partial charge < -0.3 is 10.2 Å². The minimum Gasteiger partial charge on any atom is -0.329 e. The van der Waals surface area contributed by atoms with Crippen LogP contribution in [0.4, 0.5) is 0 Å². The number of amides is 1. The predicted octanol–water partition coefficient (Wildman–Crippen LogP) is 3.09. The molecule has 1 saturated heterocycles. The first-order valence-electron chi connectivity index (χ1n) is 8.38. The SMILES string of the molecule is CS(=O)(=O)Cc1cccc(C(=O)N2CCNCC2c2ccccc2Cl)c1.Cl. The number of halogens is 2. The summed E-state index contributed by atoms with van der Waals surface area (Å²) in [7, 11) is -3.16. The summed E-state index contributed by atoms with van der Waals surface area (Å²) in [5, 5.41) is 3.94. The number of benzene rings is 2. The lowest BCUT2D eigenvalue weighted by atomic mass is 10.0. The molecule has 0 spiro atoms. The molecule has 8 heteroatoms. The third-order valence-electron chi connectivity index (χ3n) is 4.37. The number of nitrogens with one attached hydrogen (secondary N) is 1. The number of carbonyl (C=O) groups excluding carboxylic acids is 1. The van der Waals surface area contributed by atoms with Gasteiger partial charge in [-0.3, -0.25) is 4.79 Å². The van der Waals surface area contributed by atoms with Crippen LogP contribution in [-0.4, -0.2) is 45.1 Å². The molecule has 146 valence electrons. The van der Waals surface area contributed by atoms with E-state index in [0.717, 1.165) is 5.56 Å². The van der Waals surface area contributed by atoms with Gasteiger partial charge in [-0.2, -0.15) is 0 Å². The van der Waals surface area contributed by atoms with Crippen molar-refractivity contribution < 1.29 is 13.2 Å². The predicted molar refractivity (Wildman–Crippen MR) is 110 cm³/mol. The Labute approximate surface area is 171 Å². The van der Waals surface area contributed by atoms with E-state index in [2.05, 4.69) is 5.32 Å². The molecular weight excluding hydrogens is 407 g/mol. The van der Waals surface area contributed by atoms with Crippen LogP contribution in [-0.2, 0) is 15.6 Å². The van der Waals surface area contributed by atoms with Gasteiger partial charge in [0.15, 0.2) is 9.84 Å². The Kier molecular flexibility index (Phi) is 7.28. The van der Waals surface area contributed by atoms with E-state index in [-0.39, 0.29) is 30.1 Å². The summed E-state index contributed by atoms with van der Waals surface area (Å²) in [6.45, 7) is 1.89. The second-order valence-corrected chi connectivity index (χ2v) is 9.06.